The van der Waals surface area contributed by atoms with Crippen molar-refractivity contribution < 1.29 is 26.6 Å². The number of halogens is 5. The van der Waals surface area contributed by atoms with Crippen LogP contribution in [0.15, 0.2) is 48.5 Å². The van der Waals surface area contributed by atoms with E-state index in [0.717, 1.165) is 0 Å². The Bertz CT molecular complexity index is 976. The molecule has 0 amide bonds. The summed E-state index contributed by atoms with van der Waals surface area (Å²) < 4.78 is 74.7. The normalized spacial score (nSPS) is 12.4. The van der Waals surface area contributed by atoms with Gasteiger partial charge in [-0.15, -0.1) is 0 Å². The van der Waals surface area contributed by atoms with Crippen molar-refractivity contribution in [2.24, 2.45) is 0 Å². The summed E-state index contributed by atoms with van der Waals surface area (Å²) in [6, 6.07) is 13.3. The smallest absolute Gasteiger partial charge is 0.433 e. The third-order valence-corrected chi connectivity index (χ3v) is 4.17. The number of para-hydroxylation sites is 1. The van der Waals surface area contributed by atoms with Gasteiger partial charge >= 0.3 is 6.92 Å². The Kier molecular flexibility index (Phi) is 3.52. The highest BCUT2D eigenvalue weighted by molar-refractivity contribution is 6.82. The van der Waals surface area contributed by atoms with Gasteiger partial charge in [-0.05, 0) is 17.1 Å². The van der Waals surface area contributed by atoms with Crippen LogP contribution in [0.25, 0.3) is 11.1 Å². The molecular weight excluding hydrogens is 338 g/mol. The number of benzene rings is 3. The Hall–Kier alpha value is -2.83. The fourth-order valence-corrected chi connectivity index (χ4v) is 3.02. The predicted molar refractivity (Wildman–Crippen MR) is 83.8 cm³/mol. The fourth-order valence-electron chi connectivity index (χ4n) is 3.02. The molecule has 0 unspecified atom stereocenters. The molecule has 3 aromatic rings. The molecule has 0 saturated heterocycles. The Morgan fingerprint density at radius 3 is 1.80 bits per heavy atom. The molecule has 0 atom stereocenters. The SMILES string of the molecule is Fc1c(F)c(F)c(B2Oc3ccccc3-c3ccccc32)c(F)c1F. The van der Waals surface area contributed by atoms with Crippen LogP contribution in [0.4, 0.5) is 22.0 Å². The van der Waals surface area contributed by atoms with Crippen molar-refractivity contribution in [1.29, 1.82) is 0 Å². The van der Waals surface area contributed by atoms with Gasteiger partial charge in [-0.25, -0.2) is 22.0 Å². The molecule has 0 radical (unpaired) electrons. The van der Waals surface area contributed by atoms with Crippen molar-refractivity contribution in [3.05, 3.63) is 77.6 Å². The lowest BCUT2D eigenvalue weighted by Gasteiger charge is -2.27. The summed E-state index contributed by atoms with van der Waals surface area (Å²) in [5, 5.41) is 0. The minimum atomic E-state index is -2.19. The van der Waals surface area contributed by atoms with Gasteiger partial charge in [0.2, 0.25) is 0 Å². The van der Waals surface area contributed by atoms with Crippen LogP contribution in [0.5, 0.6) is 5.75 Å². The Labute approximate surface area is 139 Å². The number of hydrogen-bond donors (Lipinski definition) is 0. The highest BCUT2D eigenvalue weighted by atomic mass is 19.2. The van der Waals surface area contributed by atoms with E-state index in [1.54, 1.807) is 42.5 Å². The van der Waals surface area contributed by atoms with Crippen molar-refractivity contribution in [3.8, 4) is 16.9 Å². The zero-order valence-corrected chi connectivity index (χ0v) is 12.5. The van der Waals surface area contributed by atoms with Gasteiger partial charge in [0.1, 0.15) is 5.75 Å². The average Bonchev–Trinajstić information content (AvgIpc) is 2.65. The maximum absolute atomic E-state index is 14.3. The first-order chi connectivity index (χ1) is 12.0. The van der Waals surface area contributed by atoms with Crippen LogP contribution in [0.3, 0.4) is 0 Å². The van der Waals surface area contributed by atoms with Crippen molar-refractivity contribution in [2.45, 2.75) is 0 Å². The zero-order chi connectivity index (χ0) is 17.7. The number of fused-ring (bicyclic) bond motifs is 3. The summed E-state index contributed by atoms with van der Waals surface area (Å²) in [6.45, 7) is -1.45. The largest absolute Gasteiger partial charge is 0.551 e. The molecule has 0 aliphatic carbocycles. The number of hydrogen-bond acceptors (Lipinski definition) is 1. The van der Waals surface area contributed by atoms with E-state index in [1.807, 2.05) is 0 Å². The molecule has 0 aromatic heterocycles. The van der Waals surface area contributed by atoms with Crippen LogP contribution in [0.2, 0.25) is 0 Å². The van der Waals surface area contributed by atoms with Gasteiger partial charge in [0.05, 0.1) is 0 Å². The van der Waals surface area contributed by atoms with E-state index in [2.05, 4.69) is 0 Å². The van der Waals surface area contributed by atoms with Gasteiger partial charge in [-0.2, -0.15) is 0 Å². The quantitative estimate of drug-likeness (QED) is 0.283. The lowest BCUT2D eigenvalue weighted by molar-refractivity contribution is 0.382. The van der Waals surface area contributed by atoms with Crippen LogP contribution in [-0.4, -0.2) is 6.92 Å². The first-order valence-corrected chi connectivity index (χ1v) is 7.37. The molecule has 25 heavy (non-hydrogen) atoms. The van der Waals surface area contributed by atoms with Gasteiger partial charge < -0.3 is 4.65 Å². The van der Waals surface area contributed by atoms with Gasteiger partial charge in [0.25, 0.3) is 0 Å². The van der Waals surface area contributed by atoms with E-state index in [0.29, 0.717) is 22.3 Å². The van der Waals surface area contributed by atoms with E-state index in [4.69, 9.17) is 4.65 Å². The molecule has 124 valence electrons. The zero-order valence-electron chi connectivity index (χ0n) is 12.5. The fraction of sp³-hybridized carbons (Fsp3) is 0. The molecule has 0 bridgehead atoms. The molecule has 3 aromatic carbocycles. The van der Waals surface area contributed by atoms with Crippen LogP contribution >= 0.6 is 0 Å². The van der Waals surface area contributed by atoms with Gasteiger partial charge in [0.15, 0.2) is 29.1 Å². The van der Waals surface area contributed by atoms with Crippen molar-refractivity contribution in [3.63, 3.8) is 0 Å². The highest BCUT2D eigenvalue weighted by Gasteiger charge is 2.40. The molecule has 1 heterocycles. The molecule has 1 nitrogen and oxygen atoms in total. The minimum absolute atomic E-state index is 0.301. The maximum Gasteiger partial charge on any atom is 0.433 e. The minimum Gasteiger partial charge on any atom is -0.551 e. The first kappa shape index (κ1) is 15.7. The summed E-state index contributed by atoms with van der Waals surface area (Å²) in [7, 11) is 0. The van der Waals surface area contributed by atoms with Crippen LogP contribution in [0.1, 0.15) is 0 Å². The lowest BCUT2D eigenvalue weighted by atomic mass is 9.52. The predicted octanol–water partition coefficient (Wildman–Crippen LogP) is 3.55. The van der Waals surface area contributed by atoms with Gasteiger partial charge in [0, 0.05) is 11.0 Å². The molecule has 1 aliphatic rings. The monoisotopic (exact) mass is 346 g/mol. The summed E-state index contributed by atoms with van der Waals surface area (Å²) in [5.74, 6) is -9.66. The summed E-state index contributed by atoms with van der Waals surface area (Å²) in [4.78, 5) is 0. The van der Waals surface area contributed by atoms with Crippen molar-refractivity contribution in [1.82, 2.24) is 0 Å². The molecule has 1 aliphatic heterocycles. The topological polar surface area (TPSA) is 9.23 Å². The van der Waals surface area contributed by atoms with Crippen LogP contribution < -0.4 is 15.6 Å². The van der Waals surface area contributed by atoms with Crippen LogP contribution in [0, 0.1) is 29.1 Å². The second kappa shape index (κ2) is 5.62. The average molecular weight is 346 g/mol. The second-order valence-corrected chi connectivity index (χ2v) is 5.56. The molecule has 0 saturated carbocycles. The van der Waals surface area contributed by atoms with E-state index in [-0.39, 0.29) is 0 Å². The third-order valence-electron chi connectivity index (χ3n) is 4.17. The van der Waals surface area contributed by atoms with Crippen LogP contribution in [-0.2, 0) is 0 Å². The maximum atomic E-state index is 14.3. The molecule has 0 N–H and O–H groups in total. The molecular formula is C18H8BF5O. The molecule has 4 rings (SSSR count). The van der Waals surface area contributed by atoms with Crippen molar-refractivity contribution >= 4 is 17.8 Å². The Balaban J connectivity index is 2.01. The summed E-state index contributed by atoms with van der Waals surface area (Å²) in [5.41, 5.74) is 0.610. The Morgan fingerprint density at radius 1 is 0.600 bits per heavy atom. The van der Waals surface area contributed by atoms with E-state index >= 15 is 0 Å². The molecule has 0 fully saturated rings. The summed E-state index contributed by atoms with van der Waals surface area (Å²) >= 11 is 0. The standard InChI is InChI=1S/C18H8BF5O/c20-14-13(15(21)17(23)18(24)16(14)22)19-11-7-3-1-5-9(11)10-6-2-4-8-12(10)25-19/h1-8H. The second-order valence-electron chi connectivity index (χ2n) is 5.56. The van der Waals surface area contributed by atoms with Crippen molar-refractivity contribution in [2.75, 3.05) is 0 Å². The van der Waals surface area contributed by atoms with Gasteiger partial charge in [-0.3, -0.25) is 0 Å². The molecule has 7 heteroatoms. The highest BCUT2D eigenvalue weighted by Crippen LogP contribution is 2.33. The number of rotatable bonds is 1. The lowest BCUT2D eigenvalue weighted by Crippen LogP contribution is -2.53. The van der Waals surface area contributed by atoms with E-state index in [9.17, 15) is 22.0 Å². The summed E-state index contributed by atoms with van der Waals surface area (Å²) in [6.07, 6.45) is 0. The third kappa shape index (κ3) is 2.22. The van der Waals surface area contributed by atoms with Gasteiger partial charge in [-0.1, -0.05) is 42.5 Å². The first-order valence-electron chi connectivity index (χ1n) is 7.37. The molecule has 0 spiro atoms. The van der Waals surface area contributed by atoms with E-state index < -0.39 is 41.5 Å². The Morgan fingerprint density at radius 2 is 1.12 bits per heavy atom. The van der Waals surface area contributed by atoms with E-state index in [1.165, 1.54) is 6.07 Å².